The van der Waals surface area contributed by atoms with Crippen LogP contribution in [0.25, 0.3) is 12.2 Å². The summed E-state index contributed by atoms with van der Waals surface area (Å²) in [5.41, 5.74) is 1.39. The van der Waals surface area contributed by atoms with Crippen molar-refractivity contribution in [2.45, 2.75) is 19.8 Å². The second kappa shape index (κ2) is 14.4. The Morgan fingerprint density at radius 2 is 1.17 bits per heavy atom. The molecular formula is C28H32O8. The number of carbonyl (C=O) groups is 3. The Morgan fingerprint density at radius 1 is 0.722 bits per heavy atom. The van der Waals surface area contributed by atoms with Crippen molar-refractivity contribution in [2.24, 2.45) is 5.92 Å². The molecule has 0 amide bonds. The molecule has 36 heavy (non-hydrogen) atoms. The summed E-state index contributed by atoms with van der Waals surface area (Å²) in [6.07, 6.45) is 5.83. The molecule has 2 aromatic carbocycles. The summed E-state index contributed by atoms with van der Waals surface area (Å²) in [5, 5.41) is 0. The maximum Gasteiger partial charge on any atom is 0.305 e. The van der Waals surface area contributed by atoms with Crippen molar-refractivity contribution >= 4 is 29.7 Å². The number of hydrogen-bond acceptors (Lipinski definition) is 8. The molecule has 8 nitrogen and oxygen atoms in total. The highest BCUT2D eigenvalue weighted by Crippen LogP contribution is 2.29. The zero-order valence-electron chi connectivity index (χ0n) is 21.2. The van der Waals surface area contributed by atoms with E-state index < -0.39 is 23.5 Å². The highest BCUT2D eigenvalue weighted by atomic mass is 16.5. The first-order chi connectivity index (χ1) is 17.4. The van der Waals surface area contributed by atoms with Gasteiger partial charge in [-0.1, -0.05) is 24.3 Å². The lowest BCUT2D eigenvalue weighted by atomic mass is 9.92. The predicted octanol–water partition coefficient (Wildman–Crippen LogP) is 4.55. The van der Waals surface area contributed by atoms with Crippen LogP contribution < -0.4 is 18.9 Å². The SMILES string of the molecule is CCOC(=O)CCC(C(=O)/C=C/c1ccc(OC)c(OC)c1)C(=O)/C=C/c1ccc(OC)c(OC)c1. The van der Waals surface area contributed by atoms with Gasteiger partial charge in [0, 0.05) is 6.42 Å². The lowest BCUT2D eigenvalue weighted by Crippen LogP contribution is -2.22. The number of esters is 1. The molecule has 0 saturated carbocycles. The summed E-state index contributed by atoms with van der Waals surface area (Å²) in [6, 6.07) is 10.4. The van der Waals surface area contributed by atoms with Gasteiger partial charge in [0.1, 0.15) is 0 Å². The van der Waals surface area contributed by atoms with E-state index in [1.165, 1.54) is 40.6 Å². The average Bonchev–Trinajstić information content (AvgIpc) is 2.90. The molecule has 0 atom stereocenters. The van der Waals surface area contributed by atoms with Crippen LogP contribution in [0.1, 0.15) is 30.9 Å². The maximum atomic E-state index is 13.0. The molecule has 0 heterocycles. The molecule has 0 fully saturated rings. The second-order valence-electron chi connectivity index (χ2n) is 7.60. The number of hydrogen-bond donors (Lipinski definition) is 0. The quantitative estimate of drug-likeness (QED) is 0.214. The fourth-order valence-corrected chi connectivity index (χ4v) is 3.42. The topological polar surface area (TPSA) is 97.4 Å². The fourth-order valence-electron chi connectivity index (χ4n) is 3.42. The second-order valence-corrected chi connectivity index (χ2v) is 7.60. The molecular weight excluding hydrogens is 464 g/mol. The fraction of sp³-hybridized carbons (Fsp3) is 0.321. The van der Waals surface area contributed by atoms with Crippen LogP contribution in [0.3, 0.4) is 0 Å². The lowest BCUT2D eigenvalue weighted by Gasteiger charge is -2.11. The maximum absolute atomic E-state index is 13.0. The van der Waals surface area contributed by atoms with Gasteiger partial charge in [0.15, 0.2) is 34.6 Å². The molecule has 0 aromatic heterocycles. The van der Waals surface area contributed by atoms with Gasteiger partial charge in [-0.05, 0) is 60.9 Å². The molecule has 2 aromatic rings. The van der Waals surface area contributed by atoms with Gasteiger partial charge in [0.05, 0.1) is 41.0 Å². The van der Waals surface area contributed by atoms with Gasteiger partial charge in [-0.3, -0.25) is 14.4 Å². The minimum atomic E-state index is -1.04. The van der Waals surface area contributed by atoms with Crippen LogP contribution in [0.2, 0.25) is 0 Å². The third-order valence-electron chi connectivity index (χ3n) is 5.32. The van der Waals surface area contributed by atoms with Crippen LogP contribution in [0.4, 0.5) is 0 Å². The van der Waals surface area contributed by atoms with Crippen molar-refractivity contribution in [3.8, 4) is 23.0 Å². The van der Waals surface area contributed by atoms with Crippen molar-refractivity contribution in [2.75, 3.05) is 35.0 Å². The van der Waals surface area contributed by atoms with Crippen LogP contribution in [0.5, 0.6) is 23.0 Å². The molecule has 0 radical (unpaired) electrons. The molecule has 192 valence electrons. The van der Waals surface area contributed by atoms with E-state index in [0.29, 0.717) is 34.1 Å². The van der Waals surface area contributed by atoms with Gasteiger partial charge in [-0.2, -0.15) is 0 Å². The molecule has 8 heteroatoms. The molecule has 0 aliphatic carbocycles. The Labute approximate surface area is 211 Å². The summed E-state index contributed by atoms with van der Waals surface area (Å²) in [5.74, 6) is -0.197. The molecule has 2 rings (SSSR count). The summed E-state index contributed by atoms with van der Waals surface area (Å²) >= 11 is 0. The van der Waals surface area contributed by atoms with E-state index >= 15 is 0 Å². The van der Waals surface area contributed by atoms with E-state index in [-0.39, 0.29) is 19.4 Å². The van der Waals surface area contributed by atoms with Crippen LogP contribution in [-0.4, -0.2) is 52.6 Å². The lowest BCUT2D eigenvalue weighted by molar-refractivity contribution is -0.143. The first kappa shape index (κ1) is 28.2. The summed E-state index contributed by atoms with van der Waals surface area (Å²) in [6.45, 7) is 1.92. The Morgan fingerprint density at radius 3 is 1.56 bits per heavy atom. The van der Waals surface area contributed by atoms with Crippen LogP contribution in [0.15, 0.2) is 48.6 Å². The number of ketones is 2. The van der Waals surface area contributed by atoms with E-state index in [1.807, 2.05) is 0 Å². The van der Waals surface area contributed by atoms with E-state index in [1.54, 1.807) is 55.5 Å². The molecule has 0 spiro atoms. The van der Waals surface area contributed by atoms with Gasteiger partial charge in [-0.15, -0.1) is 0 Å². The Kier molecular flexibility index (Phi) is 11.2. The van der Waals surface area contributed by atoms with Crippen molar-refractivity contribution in [3.05, 3.63) is 59.7 Å². The number of ether oxygens (including phenoxy) is 5. The molecule has 0 N–H and O–H groups in total. The highest BCUT2D eigenvalue weighted by molar-refractivity contribution is 6.13. The minimum absolute atomic E-state index is 0.0308. The van der Waals surface area contributed by atoms with Crippen molar-refractivity contribution in [3.63, 3.8) is 0 Å². The molecule has 0 aliphatic heterocycles. The van der Waals surface area contributed by atoms with E-state index in [4.69, 9.17) is 23.7 Å². The zero-order chi connectivity index (χ0) is 26.5. The predicted molar refractivity (Wildman–Crippen MR) is 137 cm³/mol. The number of allylic oxidation sites excluding steroid dienone is 2. The summed E-state index contributed by atoms with van der Waals surface area (Å²) < 4.78 is 26.0. The van der Waals surface area contributed by atoms with E-state index in [2.05, 4.69) is 0 Å². The van der Waals surface area contributed by atoms with Crippen molar-refractivity contribution in [1.82, 2.24) is 0 Å². The smallest absolute Gasteiger partial charge is 0.305 e. The summed E-state index contributed by atoms with van der Waals surface area (Å²) in [7, 11) is 6.11. The number of rotatable bonds is 14. The average molecular weight is 497 g/mol. The van der Waals surface area contributed by atoms with Gasteiger partial charge in [0.2, 0.25) is 0 Å². The highest BCUT2D eigenvalue weighted by Gasteiger charge is 2.24. The van der Waals surface area contributed by atoms with Gasteiger partial charge >= 0.3 is 5.97 Å². The minimum Gasteiger partial charge on any atom is -0.493 e. The Bertz CT molecular complexity index is 1040. The van der Waals surface area contributed by atoms with E-state index in [9.17, 15) is 14.4 Å². The van der Waals surface area contributed by atoms with Crippen molar-refractivity contribution < 1.29 is 38.1 Å². The first-order valence-electron chi connectivity index (χ1n) is 11.4. The van der Waals surface area contributed by atoms with Gasteiger partial charge in [0.25, 0.3) is 0 Å². The molecule has 0 unspecified atom stereocenters. The van der Waals surface area contributed by atoms with Crippen molar-refractivity contribution in [1.29, 1.82) is 0 Å². The monoisotopic (exact) mass is 496 g/mol. The molecule has 0 saturated heterocycles. The standard InChI is InChI=1S/C28H32O8/c1-6-36-28(31)16-11-21(22(29)12-7-19-9-14-24(32-2)26(17-19)34-4)23(30)13-8-20-10-15-25(33-3)27(18-20)35-5/h7-10,12-15,17-18,21H,6,11,16H2,1-5H3/b12-7+,13-8+. The Balaban J connectivity index is 2.24. The van der Waals surface area contributed by atoms with Gasteiger partial charge < -0.3 is 23.7 Å². The third kappa shape index (κ3) is 8.01. The van der Waals surface area contributed by atoms with Crippen LogP contribution in [-0.2, 0) is 19.1 Å². The summed E-state index contributed by atoms with van der Waals surface area (Å²) in [4.78, 5) is 37.9. The zero-order valence-corrected chi connectivity index (χ0v) is 21.2. The van der Waals surface area contributed by atoms with E-state index in [0.717, 1.165) is 0 Å². The third-order valence-corrected chi connectivity index (χ3v) is 5.32. The van der Waals surface area contributed by atoms with Crippen LogP contribution in [0, 0.1) is 5.92 Å². The number of methoxy groups -OCH3 is 4. The largest absolute Gasteiger partial charge is 0.493 e. The van der Waals surface area contributed by atoms with Gasteiger partial charge in [-0.25, -0.2) is 0 Å². The van der Waals surface area contributed by atoms with Crippen LogP contribution >= 0.6 is 0 Å². The first-order valence-corrected chi connectivity index (χ1v) is 11.4. The number of benzene rings is 2. The molecule has 0 bridgehead atoms. The number of carbonyl (C=O) groups excluding carboxylic acids is 3. The molecule has 0 aliphatic rings. The normalized spacial score (nSPS) is 11.1. The Hall–Kier alpha value is -4.07.